The van der Waals surface area contributed by atoms with Crippen LogP contribution in [0.5, 0.6) is 5.75 Å². The molecule has 112 valence electrons. The molecular formula is C16H18BrFN2O. The van der Waals surface area contributed by atoms with Gasteiger partial charge >= 0.3 is 0 Å². The quantitative estimate of drug-likeness (QED) is 0.854. The van der Waals surface area contributed by atoms with Gasteiger partial charge in [0.25, 0.3) is 0 Å². The molecular weight excluding hydrogens is 335 g/mol. The van der Waals surface area contributed by atoms with Gasteiger partial charge < -0.3 is 15.8 Å². The molecule has 0 saturated heterocycles. The van der Waals surface area contributed by atoms with E-state index >= 15 is 0 Å². The highest BCUT2D eigenvalue weighted by Crippen LogP contribution is 2.29. The van der Waals surface area contributed by atoms with Gasteiger partial charge in [-0.1, -0.05) is 28.1 Å². The number of hydrogen-bond donors (Lipinski definition) is 2. The SMILES string of the molecule is COc1ccc(F)c(NC(CN)c2ccc(C)cc2Br)c1. The number of methoxy groups -OCH3 is 1. The van der Waals surface area contributed by atoms with Crippen LogP contribution in [-0.2, 0) is 0 Å². The van der Waals surface area contributed by atoms with E-state index in [2.05, 4.69) is 21.2 Å². The summed E-state index contributed by atoms with van der Waals surface area (Å²) in [4.78, 5) is 0. The number of nitrogens with two attached hydrogens (primary N) is 1. The Morgan fingerprint density at radius 3 is 2.67 bits per heavy atom. The summed E-state index contributed by atoms with van der Waals surface area (Å²) < 4.78 is 20.0. The van der Waals surface area contributed by atoms with E-state index in [9.17, 15) is 4.39 Å². The first-order valence-electron chi connectivity index (χ1n) is 6.61. The molecule has 2 rings (SSSR count). The second-order valence-electron chi connectivity index (χ2n) is 4.80. The highest BCUT2D eigenvalue weighted by Gasteiger charge is 2.15. The molecule has 0 aliphatic rings. The van der Waals surface area contributed by atoms with Crippen molar-refractivity contribution in [2.24, 2.45) is 5.73 Å². The Morgan fingerprint density at radius 1 is 1.29 bits per heavy atom. The Hall–Kier alpha value is -1.59. The predicted molar refractivity (Wildman–Crippen MR) is 87.2 cm³/mol. The lowest BCUT2D eigenvalue weighted by molar-refractivity contribution is 0.414. The highest BCUT2D eigenvalue weighted by atomic mass is 79.9. The van der Waals surface area contributed by atoms with Crippen LogP contribution in [-0.4, -0.2) is 13.7 Å². The van der Waals surface area contributed by atoms with Crippen molar-refractivity contribution in [3.63, 3.8) is 0 Å². The lowest BCUT2D eigenvalue weighted by Gasteiger charge is -2.21. The second kappa shape index (κ2) is 6.91. The van der Waals surface area contributed by atoms with Gasteiger partial charge in [0.1, 0.15) is 11.6 Å². The molecule has 3 N–H and O–H groups in total. The largest absolute Gasteiger partial charge is 0.497 e. The molecule has 0 spiro atoms. The summed E-state index contributed by atoms with van der Waals surface area (Å²) in [6.45, 7) is 2.36. The van der Waals surface area contributed by atoms with E-state index < -0.39 is 0 Å². The van der Waals surface area contributed by atoms with E-state index in [0.29, 0.717) is 18.0 Å². The van der Waals surface area contributed by atoms with Crippen LogP contribution in [0.1, 0.15) is 17.2 Å². The summed E-state index contributed by atoms with van der Waals surface area (Å²) in [6, 6.07) is 10.4. The van der Waals surface area contributed by atoms with Gasteiger partial charge in [0.05, 0.1) is 18.8 Å². The van der Waals surface area contributed by atoms with Crippen LogP contribution in [0.3, 0.4) is 0 Å². The van der Waals surface area contributed by atoms with Gasteiger partial charge in [-0.2, -0.15) is 0 Å². The molecule has 0 bridgehead atoms. The van der Waals surface area contributed by atoms with Gasteiger partial charge in [-0.15, -0.1) is 0 Å². The van der Waals surface area contributed by atoms with E-state index in [1.54, 1.807) is 19.2 Å². The third-order valence-corrected chi connectivity index (χ3v) is 3.96. The molecule has 0 aliphatic carbocycles. The molecule has 21 heavy (non-hydrogen) atoms. The zero-order valence-electron chi connectivity index (χ0n) is 12.0. The number of benzene rings is 2. The van der Waals surface area contributed by atoms with Crippen LogP contribution in [0.15, 0.2) is 40.9 Å². The van der Waals surface area contributed by atoms with E-state index in [1.165, 1.54) is 6.07 Å². The first-order valence-corrected chi connectivity index (χ1v) is 7.40. The number of halogens is 2. The standard InChI is InChI=1S/C16H18BrFN2O/c1-10-3-5-12(13(17)7-10)16(9-19)20-15-8-11(21-2)4-6-14(15)18/h3-8,16,20H,9,19H2,1-2H3. The van der Waals surface area contributed by atoms with Crippen molar-refractivity contribution >= 4 is 21.6 Å². The summed E-state index contributed by atoms with van der Waals surface area (Å²) in [5.74, 6) is 0.259. The smallest absolute Gasteiger partial charge is 0.146 e. The van der Waals surface area contributed by atoms with Crippen molar-refractivity contribution in [1.82, 2.24) is 0 Å². The Morgan fingerprint density at radius 2 is 2.05 bits per heavy atom. The molecule has 0 radical (unpaired) electrons. The maximum Gasteiger partial charge on any atom is 0.146 e. The maximum atomic E-state index is 13.9. The van der Waals surface area contributed by atoms with E-state index in [1.807, 2.05) is 25.1 Å². The van der Waals surface area contributed by atoms with Crippen molar-refractivity contribution < 1.29 is 9.13 Å². The fourth-order valence-corrected chi connectivity index (χ4v) is 2.88. The molecule has 2 aromatic rings. The Labute approximate surface area is 132 Å². The van der Waals surface area contributed by atoms with Crippen molar-refractivity contribution in [2.45, 2.75) is 13.0 Å². The van der Waals surface area contributed by atoms with Gasteiger partial charge in [-0.25, -0.2) is 4.39 Å². The van der Waals surface area contributed by atoms with Crippen LogP contribution in [0.25, 0.3) is 0 Å². The third-order valence-electron chi connectivity index (χ3n) is 3.27. The minimum Gasteiger partial charge on any atom is -0.497 e. The average molecular weight is 353 g/mol. The van der Waals surface area contributed by atoms with Gasteiger partial charge in [0.2, 0.25) is 0 Å². The van der Waals surface area contributed by atoms with Crippen LogP contribution in [0.2, 0.25) is 0 Å². The molecule has 2 aromatic carbocycles. The summed E-state index contributed by atoms with van der Waals surface area (Å²) in [7, 11) is 1.55. The second-order valence-corrected chi connectivity index (χ2v) is 5.66. The van der Waals surface area contributed by atoms with Gasteiger partial charge in [0.15, 0.2) is 0 Å². The molecule has 0 fully saturated rings. The predicted octanol–water partition coefficient (Wildman–Crippen LogP) is 4.02. The molecule has 3 nitrogen and oxygen atoms in total. The van der Waals surface area contributed by atoms with Gasteiger partial charge in [-0.3, -0.25) is 0 Å². The van der Waals surface area contributed by atoms with Crippen molar-refractivity contribution in [1.29, 1.82) is 0 Å². The molecule has 1 unspecified atom stereocenters. The first-order chi connectivity index (χ1) is 10.0. The zero-order valence-corrected chi connectivity index (χ0v) is 13.6. The normalized spacial score (nSPS) is 12.0. The lowest BCUT2D eigenvalue weighted by atomic mass is 10.0. The van der Waals surface area contributed by atoms with Crippen molar-refractivity contribution in [3.8, 4) is 5.75 Å². The summed E-state index contributed by atoms with van der Waals surface area (Å²) in [6.07, 6.45) is 0. The molecule has 0 saturated carbocycles. The van der Waals surface area contributed by atoms with Crippen LogP contribution in [0, 0.1) is 12.7 Å². The number of ether oxygens (including phenoxy) is 1. The van der Waals surface area contributed by atoms with Crippen molar-refractivity contribution in [2.75, 3.05) is 19.0 Å². The molecule has 0 heterocycles. The Bertz CT molecular complexity index is 634. The number of rotatable bonds is 5. The molecule has 5 heteroatoms. The summed E-state index contributed by atoms with van der Waals surface area (Å²) in [5.41, 5.74) is 8.35. The zero-order chi connectivity index (χ0) is 15.4. The minimum absolute atomic E-state index is 0.193. The first kappa shape index (κ1) is 15.8. The highest BCUT2D eigenvalue weighted by molar-refractivity contribution is 9.10. The van der Waals surface area contributed by atoms with Crippen LogP contribution in [0.4, 0.5) is 10.1 Å². The average Bonchev–Trinajstić information content (AvgIpc) is 2.47. The summed E-state index contributed by atoms with van der Waals surface area (Å²) in [5, 5.41) is 3.14. The fraction of sp³-hybridized carbons (Fsp3) is 0.250. The Balaban J connectivity index is 2.30. The lowest BCUT2D eigenvalue weighted by Crippen LogP contribution is -2.21. The molecule has 1 atom stereocenters. The topological polar surface area (TPSA) is 47.3 Å². The fourth-order valence-electron chi connectivity index (χ4n) is 2.11. The summed E-state index contributed by atoms with van der Waals surface area (Å²) >= 11 is 3.53. The molecule has 0 aliphatic heterocycles. The number of hydrogen-bond acceptors (Lipinski definition) is 3. The van der Waals surface area contributed by atoms with Gasteiger partial charge in [0, 0.05) is 17.1 Å². The number of anilines is 1. The third kappa shape index (κ3) is 3.74. The van der Waals surface area contributed by atoms with Crippen LogP contribution < -0.4 is 15.8 Å². The van der Waals surface area contributed by atoms with Crippen molar-refractivity contribution in [3.05, 3.63) is 57.8 Å². The van der Waals surface area contributed by atoms with E-state index in [0.717, 1.165) is 15.6 Å². The minimum atomic E-state index is -0.336. The maximum absolute atomic E-state index is 13.9. The van der Waals surface area contributed by atoms with E-state index in [4.69, 9.17) is 10.5 Å². The van der Waals surface area contributed by atoms with E-state index in [-0.39, 0.29) is 11.9 Å². The van der Waals surface area contributed by atoms with Gasteiger partial charge in [-0.05, 0) is 36.2 Å². The Kier molecular flexibility index (Phi) is 5.20. The molecule has 0 aromatic heterocycles. The number of aryl methyl sites for hydroxylation is 1. The number of nitrogens with one attached hydrogen (secondary N) is 1. The molecule has 0 amide bonds. The van der Waals surface area contributed by atoms with Crippen LogP contribution >= 0.6 is 15.9 Å². The monoisotopic (exact) mass is 352 g/mol.